The number of anilines is 1. The van der Waals surface area contributed by atoms with Gasteiger partial charge in [-0.1, -0.05) is 23.7 Å². The van der Waals surface area contributed by atoms with Gasteiger partial charge in [0, 0.05) is 22.8 Å². The van der Waals surface area contributed by atoms with Gasteiger partial charge in [-0.15, -0.1) is 11.3 Å². The van der Waals surface area contributed by atoms with E-state index in [1.54, 1.807) is 23.5 Å². The Bertz CT molecular complexity index is 797. The number of pyridine rings is 1. The molecule has 3 rings (SSSR count). The Labute approximate surface area is 136 Å². The zero-order chi connectivity index (χ0) is 15.5. The van der Waals surface area contributed by atoms with Crippen LogP contribution in [0.25, 0.3) is 11.3 Å². The first-order chi connectivity index (χ1) is 10.6. The number of halogens is 1. The molecule has 0 saturated carbocycles. The van der Waals surface area contributed by atoms with Gasteiger partial charge in [0.25, 0.3) is 5.91 Å². The summed E-state index contributed by atoms with van der Waals surface area (Å²) in [6, 6.07) is 10.8. The normalized spacial score (nSPS) is 10.5. The van der Waals surface area contributed by atoms with Crippen molar-refractivity contribution < 1.29 is 4.79 Å². The summed E-state index contributed by atoms with van der Waals surface area (Å²) in [5.41, 5.74) is 3.15. The summed E-state index contributed by atoms with van der Waals surface area (Å²) in [5, 5.41) is 6.23. The molecule has 1 N–H and O–H groups in total. The van der Waals surface area contributed by atoms with Crippen LogP contribution >= 0.6 is 22.9 Å². The Morgan fingerprint density at radius 1 is 1.18 bits per heavy atom. The summed E-state index contributed by atoms with van der Waals surface area (Å²) in [7, 11) is 0. The van der Waals surface area contributed by atoms with Crippen molar-refractivity contribution >= 4 is 34.5 Å². The number of carbonyl (C=O) groups excluding carboxylic acids is 1. The van der Waals surface area contributed by atoms with Gasteiger partial charge >= 0.3 is 0 Å². The molecule has 0 radical (unpaired) electrons. The molecule has 4 nitrogen and oxygen atoms in total. The molecule has 0 spiro atoms. The molecular weight excluding hydrogens is 318 g/mol. The largest absolute Gasteiger partial charge is 0.322 e. The Morgan fingerprint density at radius 3 is 2.55 bits per heavy atom. The second-order valence-corrected chi connectivity index (χ2v) is 6.10. The van der Waals surface area contributed by atoms with Crippen LogP contribution in [-0.4, -0.2) is 15.9 Å². The van der Waals surface area contributed by atoms with Gasteiger partial charge in [-0.3, -0.25) is 4.79 Å². The Balaban J connectivity index is 1.73. The van der Waals surface area contributed by atoms with Gasteiger partial charge in [-0.05, 0) is 31.2 Å². The molecule has 0 atom stereocenters. The maximum absolute atomic E-state index is 12.1. The standard InChI is InChI=1S/C16H12ClN3OS/c1-10-19-14(9-22-10)11-2-5-13(6-3-11)20-16(21)12-4-7-15(17)18-8-12/h2-9H,1H3,(H,20,21). The molecule has 6 heteroatoms. The highest BCUT2D eigenvalue weighted by Gasteiger charge is 2.07. The van der Waals surface area contributed by atoms with Gasteiger partial charge in [0.2, 0.25) is 0 Å². The van der Waals surface area contributed by atoms with Gasteiger partial charge in [-0.25, -0.2) is 9.97 Å². The molecular formula is C16H12ClN3OS. The summed E-state index contributed by atoms with van der Waals surface area (Å²) in [5.74, 6) is -0.221. The maximum atomic E-state index is 12.1. The number of thiazole rings is 1. The van der Waals surface area contributed by atoms with E-state index in [-0.39, 0.29) is 5.91 Å². The summed E-state index contributed by atoms with van der Waals surface area (Å²) >= 11 is 7.32. The van der Waals surface area contributed by atoms with Gasteiger partial charge in [-0.2, -0.15) is 0 Å². The van der Waals surface area contributed by atoms with E-state index in [0.29, 0.717) is 10.7 Å². The third kappa shape index (κ3) is 3.32. The summed E-state index contributed by atoms with van der Waals surface area (Å²) in [6.45, 7) is 1.98. The summed E-state index contributed by atoms with van der Waals surface area (Å²) < 4.78 is 0. The molecule has 0 unspecified atom stereocenters. The first-order valence-electron chi connectivity index (χ1n) is 6.57. The molecule has 0 aliphatic rings. The molecule has 0 aliphatic heterocycles. The molecule has 2 heterocycles. The van der Waals surface area contributed by atoms with Crippen LogP contribution in [0.5, 0.6) is 0 Å². The minimum Gasteiger partial charge on any atom is -0.322 e. The van der Waals surface area contributed by atoms with Crippen LogP contribution < -0.4 is 5.32 Å². The lowest BCUT2D eigenvalue weighted by Crippen LogP contribution is -2.11. The molecule has 22 heavy (non-hydrogen) atoms. The number of rotatable bonds is 3. The lowest BCUT2D eigenvalue weighted by molar-refractivity contribution is 0.102. The second-order valence-electron chi connectivity index (χ2n) is 4.65. The van der Waals surface area contributed by atoms with Crippen LogP contribution in [0.3, 0.4) is 0 Å². The highest BCUT2D eigenvalue weighted by molar-refractivity contribution is 7.09. The number of nitrogens with one attached hydrogen (secondary N) is 1. The predicted octanol–water partition coefficient (Wildman–Crippen LogP) is 4.42. The molecule has 110 valence electrons. The molecule has 2 aromatic heterocycles. The van der Waals surface area contributed by atoms with E-state index in [1.165, 1.54) is 6.20 Å². The fourth-order valence-corrected chi connectivity index (χ4v) is 2.67. The van der Waals surface area contributed by atoms with Gasteiger partial charge in [0.1, 0.15) is 5.15 Å². The number of benzene rings is 1. The summed E-state index contributed by atoms with van der Waals surface area (Å²) in [4.78, 5) is 20.4. The number of hydrogen-bond acceptors (Lipinski definition) is 4. The molecule has 0 fully saturated rings. The lowest BCUT2D eigenvalue weighted by Gasteiger charge is -2.06. The Hall–Kier alpha value is -2.24. The molecule has 1 amide bonds. The number of aryl methyl sites for hydroxylation is 1. The van der Waals surface area contributed by atoms with E-state index in [2.05, 4.69) is 15.3 Å². The zero-order valence-electron chi connectivity index (χ0n) is 11.7. The van der Waals surface area contributed by atoms with Crippen LogP contribution in [-0.2, 0) is 0 Å². The van der Waals surface area contributed by atoms with E-state index in [4.69, 9.17) is 11.6 Å². The molecule has 1 aromatic carbocycles. The number of amides is 1. The van der Waals surface area contributed by atoms with Crippen LogP contribution in [0.4, 0.5) is 5.69 Å². The maximum Gasteiger partial charge on any atom is 0.257 e. The molecule has 0 saturated heterocycles. The number of hydrogen-bond donors (Lipinski definition) is 1. The van der Waals surface area contributed by atoms with E-state index >= 15 is 0 Å². The van der Waals surface area contributed by atoms with Gasteiger partial charge in [0.15, 0.2) is 0 Å². The van der Waals surface area contributed by atoms with Crippen LogP contribution in [0.2, 0.25) is 5.15 Å². The van der Waals surface area contributed by atoms with Crippen LogP contribution in [0.15, 0.2) is 48.0 Å². The zero-order valence-corrected chi connectivity index (χ0v) is 13.3. The van der Waals surface area contributed by atoms with Gasteiger partial charge in [0.05, 0.1) is 16.3 Å². The minimum absolute atomic E-state index is 0.221. The Kier molecular flexibility index (Phi) is 4.18. The average Bonchev–Trinajstić information content (AvgIpc) is 2.95. The quantitative estimate of drug-likeness (QED) is 0.724. The Morgan fingerprint density at radius 2 is 1.95 bits per heavy atom. The third-order valence-electron chi connectivity index (χ3n) is 3.05. The SMILES string of the molecule is Cc1nc(-c2ccc(NC(=O)c3ccc(Cl)nc3)cc2)cs1. The average molecular weight is 330 g/mol. The predicted molar refractivity (Wildman–Crippen MR) is 89.5 cm³/mol. The number of carbonyl (C=O) groups is 1. The highest BCUT2D eigenvalue weighted by atomic mass is 35.5. The van der Waals surface area contributed by atoms with E-state index in [1.807, 2.05) is 36.6 Å². The van der Waals surface area contributed by atoms with Crippen LogP contribution in [0, 0.1) is 6.92 Å². The topological polar surface area (TPSA) is 54.9 Å². The van der Waals surface area contributed by atoms with E-state index < -0.39 is 0 Å². The highest BCUT2D eigenvalue weighted by Crippen LogP contribution is 2.23. The number of aromatic nitrogens is 2. The van der Waals surface area contributed by atoms with E-state index in [9.17, 15) is 4.79 Å². The lowest BCUT2D eigenvalue weighted by atomic mass is 10.1. The first-order valence-corrected chi connectivity index (χ1v) is 7.83. The van der Waals surface area contributed by atoms with Crippen molar-refractivity contribution in [2.24, 2.45) is 0 Å². The number of nitrogens with zero attached hydrogens (tertiary/aromatic N) is 2. The van der Waals surface area contributed by atoms with Crippen molar-refractivity contribution in [2.45, 2.75) is 6.92 Å². The van der Waals surface area contributed by atoms with Crippen molar-refractivity contribution in [3.8, 4) is 11.3 Å². The molecule has 0 aliphatic carbocycles. The molecule has 0 bridgehead atoms. The minimum atomic E-state index is -0.221. The third-order valence-corrected chi connectivity index (χ3v) is 4.04. The smallest absolute Gasteiger partial charge is 0.257 e. The van der Waals surface area contributed by atoms with Crippen molar-refractivity contribution in [2.75, 3.05) is 5.32 Å². The summed E-state index contributed by atoms with van der Waals surface area (Å²) in [6.07, 6.45) is 1.45. The fraction of sp³-hybridized carbons (Fsp3) is 0.0625. The van der Waals surface area contributed by atoms with Gasteiger partial charge < -0.3 is 5.32 Å². The van der Waals surface area contributed by atoms with Crippen molar-refractivity contribution in [3.63, 3.8) is 0 Å². The van der Waals surface area contributed by atoms with Crippen LogP contribution in [0.1, 0.15) is 15.4 Å². The fourth-order valence-electron chi connectivity index (χ4n) is 1.93. The van der Waals surface area contributed by atoms with Crippen molar-refractivity contribution in [1.82, 2.24) is 9.97 Å². The second kappa shape index (κ2) is 6.25. The first kappa shape index (κ1) is 14.7. The van der Waals surface area contributed by atoms with Crippen molar-refractivity contribution in [3.05, 3.63) is 63.7 Å². The van der Waals surface area contributed by atoms with E-state index in [0.717, 1.165) is 22.0 Å². The molecule has 3 aromatic rings. The van der Waals surface area contributed by atoms with Crippen molar-refractivity contribution in [1.29, 1.82) is 0 Å². The monoisotopic (exact) mass is 329 g/mol.